The number of rotatable bonds is 8. The van der Waals surface area contributed by atoms with Crippen molar-refractivity contribution in [3.63, 3.8) is 0 Å². The Balaban J connectivity index is 1.81. The predicted molar refractivity (Wildman–Crippen MR) is 112 cm³/mol. The Morgan fingerprint density at radius 3 is 2.31 bits per heavy atom. The molecule has 0 atom stereocenters. The number of hydrogen-bond acceptors (Lipinski definition) is 5. The molecule has 0 unspecified atom stereocenters. The molecule has 0 saturated heterocycles. The Hall–Kier alpha value is -3.35. The van der Waals surface area contributed by atoms with E-state index in [-0.39, 0.29) is 18.4 Å². The molecule has 3 rings (SSSR count). The molecular formula is C22H26N2O5. The van der Waals surface area contributed by atoms with Crippen LogP contribution in [0.5, 0.6) is 23.0 Å². The van der Waals surface area contributed by atoms with Gasteiger partial charge < -0.3 is 29.2 Å². The second kappa shape index (κ2) is 8.77. The summed E-state index contributed by atoms with van der Waals surface area (Å²) < 4.78 is 22.0. The summed E-state index contributed by atoms with van der Waals surface area (Å²) in [4.78, 5) is 15.8. The van der Waals surface area contributed by atoms with Crippen molar-refractivity contribution < 1.29 is 23.7 Å². The lowest BCUT2D eigenvalue weighted by Gasteiger charge is -2.14. The summed E-state index contributed by atoms with van der Waals surface area (Å²) in [6.45, 7) is 3.94. The van der Waals surface area contributed by atoms with Crippen molar-refractivity contribution >= 4 is 22.5 Å². The summed E-state index contributed by atoms with van der Waals surface area (Å²) in [6, 6.07) is 9.13. The van der Waals surface area contributed by atoms with Crippen molar-refractivity contribution in [2.45, 2.75) is 26.4 Å². The standard InChI is InChI=1S/C22H26N2O5/c1-13(2)29-16-8-6-15(7-9-16)24-19(25)10-14-12-23-17-11-18(26-3)21(27-4)22(28-5)20(14)17/h6-9,11-13,23H,10H2,1-5H3,(H,24,25). The third kappa shape index (κ3) is 4.39. The van der Waals surface area contributed by atoms with Gasteiger partial charge in [0.15, 0.2) is 11.5 Å². The van der Waals surface area contributed by atoms with Gasteiger partial charge in [0.2, 0.25) is 11.7 Å². The van der Waals surface area contributed by atoms with E-state index in [4.69, 9.17) is 18.9 Å². The van der Waals surface area contributed by atoms with Crippen molar-refractivity contribution in [1.29, 1.82) is 0 Å². The largest absolute Gasteiger partial charge is 0.493 e. The summed E-state index contributed by atoms with van der Waals surface area (Å²) in [5, 5.41) is 3.70. The smallest absolute Gasteiger partial charge is 0.228 e. The van der Waals surface area contributed by atoms with E-state index in [0.717, 1.165) is 22.2 Å². The number of hydrogen-bond donors (Lipinski definition) is 2. The van der Waals surface area contributed by atoms with Crippen LogP contribution in [0.15, 0.2) is 36.5 Å². The fourth-order valence-corrected chi connectivity index (χ4v) is 3.23. The second-order valence-electron chi connectivity index (χ2n) is 6.80. The summed E-state index contributed by atoms with van der Waals surface area (Å²) in [6.07, 6.45) is 2.07. The van der Waals surface area contributed by atoms with E-state index in [9.17, 15) is 4.79 Å². The van der Waals surface area contributed by atoms with Crippen LogP contribution in [0.3, 0.4) is 0 Å². The lowest BCUT2D eigenvalue weighted by atomic mass is 10.1. The van der Waals surface area contributed by atoms with Crippen molar-refractivity contribution in [2.75, 3.05) is 26.6 Å². The topological polar surface area (TPSA) is 81.8 Å². The molecule has 0 aliphatic rings. The first-order chi connectivity index (χ1) is 14.0. The molecule has 1 heterocycles. The Labute approximate surface area is 169 Å². The zero-order valence-electron chi connectivity index (χ0n) is 17.3. The average molecular weight is 398 g/mol. The minimum Gasteiger partial charge on any atom is -0.493 e. The van der Waals surface area contributed by atoms with Crippen molar-refractivity contribution in [1.82, 2.24) is 4.98 Å². The zero-order chi connectivity index (χ0) is 21.0. The lowest BCUT2D eigenvalue weighted by Crippen LogP contribution is -2.14. The summed E-state index contributed by atoms with van der Waals surface area (Å²) >= 11 is 0. The second-order valence-corrected chi connectivity index (χ2v) is 6.80. The van der Waals surface area contributed by atoms with Gasteiger partial charge in [-0.05, 0) is 43.7 Å². The summed E-state index contributed by atoms with van der Waals surface area (Å²) in [5.41, 5.74) is 2.31. The molecule has 0 bridgehead atoms. The Kier molecular flexibility index (Phi) is 6.16. The molecule has 1 amide bonds. The molecule has 29 heavy (non-hydrogen) atoms. The minimum absolute atomic E-state index is 0.0999. The zero-order valence-corrected chi connectivity index (χ0v) is 17.3. The molecule has 7 heteroatoms. The maximum atomic E-state index is 12.6. The van der Waals surface area contributed by atoms with E-state index in [1.165, 1.54) is 0 Å². The molecular weight excluding hydrogens is 372 g/mol. The van der Waals surface area contributed by atoms with Crippen LogP contribution in [0.25, 0.3) is 10.9 Å². The van der Waals surface area contributed by atoms with E-state index in [0.29, 0.717) is 22.9 Å². The van der Waals surface area contributed by atoms with Gasteiger partial charge in [0.25, 0.3) is 0 Å². The number of aromatic amines is 1. The average Bonchev–Trinajstić information content (AvgIpc) is 3.09. The fourth-order valence-electron chi connectivity index (χ4n) is 3.23. The number of carbonyl (C=O) groups excluding carboxylic acids is 1. The number of benzene rings is 2. The van der Waals surface area contributed by atoms with E-state index in [1.54, 1.807) is 27.5 Å². The van der Waals surface area contributed by atoms with Gasteiger partial charge in [0.1, 0.15) is 5.75 Å². The number of amides is 1. The van der Waals surface area contributed by atoms with Crippen LogP contribution in [0, 0.1) is 0 Å². The van der Waals surface area contributed by atoms with Gasteiger partial charge >= 0.3 is 0 Å². The number of methoxy groups -OCH3 is 3. The molecule has 7 nitrogen and oxygen atoms in total. The first-order valence-corrected chi connectivity index (χ1v) is 9.32. The number of aromatic nitrogens is 1. The van der Waals surface area contributed by atoms with Crippen LogP contribution >= 0.6 is 0 Å². The maximum Gasteiger partial charge on any atom is 0.228 e. The lowest BCUT2D eigenvalue weighted by molar-refractivity contribution is -0.115. The summed E-state index contributed by atoms with van der Waals surface area (Å²) in [5.74, 6) is 2.20. The fraction of sp³-hybridized carbons (Fsp3) is 0.318. The Bertz CT molecular complexity index is 993. The van der Waals surface area contributed by atoms with E-state index in [2.05, 4.69) is 10.3 Å². The van der Waals surface area contributed by atoms with Gasteiger partial charge in [0.05, 0.1) is 39.4 Å². The number of ether oxygens (including phenoxy) is 4. The molecule has 0 fully saturated rings. The van der Waals surface area contributed by atoms with Crippen molar-refractivity contribution in [3.8, 4) is 23.0 Å². The highest BCUT2D eigenvalue weighted by Crippen LogP contribution is 2.44. The van der Waals surface area contributed by atoms with Gasteiger partial charge in [-0.2, -0.15) is 0 Å². The highest BCUT2D eigenvalue weighted by atomic mass is 16.5. The van der Waals surface area contributed by atoms with Crippen LogP contribution in [0.4, 0.5) is 5.69 Å². The Morgan fingerprint density at radius 2 is 1.72 bits per heavy atom. The molecule has 2 aromatic carbocycles. The first-order valence-electron chi connectivity index (χ1n) is 9.32. The van der Waals surface area contributed by atoms with Crippen molar-refractivity contribution in [3.05, 3.63) is 42.1 Å². The maximum absolute atomic E-state index is 12.6. The number of anilines is 1. The first kappa shape index (κ1) is 20.4. The van der Waals surface area contributed by atoms with Crippen LogP contribution in [0.1, 0.15) is 19.4 Å². The van der Waals surface area contributed by atoms with Crippen molar-refractivity contribution in [2.24, 2.45) is 0 Å². The van der Waals surface area contributed by atoms with Crippen LogP contribution in [-0.2, 0) is 11.2 Å². The summed E-state index contributed by atoms with van der Waals surface area (Å²) in [7, 11) is 4.68. The van der Waals surface area contributed by atoms with E-state index < -0.39 is 0 Å². The van der Waals surface area contributed by atoms with Gasteiger partial charge in [-0.15, -0.1) is 0 Å². The highest BCUT2D eigenvalue weighted by molar-refractivity contribution is 5.99. The molecule has 2 N–H and O–H groups in total. The highest BCUT2D eigenvalue weighted by Gasteiger charge is 2.20. The molecule has 0 spiro atoms. The van der Waals surface area contributed by atoms with Crippen LogP contribution < -0.4 is 24.3 Å². The molecule has 3 aromatic rings. The number of H-pyrrole nitrogens is 1. The van der Waals surface area contributed by atoms with Gasteiger partial charge in [-0.1, -0.05) is 0 Å². The number of fused-ring (bicyclic) bond motifs is 1. The molecule has 0 saturated carbocycles. The van der Waals surface area contributed by atoms with E-state index in [1.807, 2.05) is 44.2 Å². The normalized spacial score (nSPS) is 10.8. The van der Waals surface area contributed by atoms with E-state index >= 15 is 0 Å². The SMILES string of the molecule is COc1cc2[nH]cc(CC(=O)Nc3ccc(OC(C)C)cc3)c2c(OC)c1OC. The van der Waals surface area contributed by atoms with Crippen LogP contribution in [0.2, 0.25) is 0 Å². The Morgan fingerprint density at radius 1 is 1.03 bits per heavy atom. The quantitative estimate of drug-likeness (QED) is 0.595. The molecule has 0 radical (unpaired) electrons. The number of nitrogens with one attached hydrogen (secondary N) is 2. The third-order valence-corrected chi connectivity index (χ3v) is 4.41. The number of carbonyl (C=O) groups is 1. The van der Waals surface area contributed by atoms with Gasteiger partial charge in [-0.25, -0.2) is 0 Å². The molecule has 154 valence electrons. The van der Waals surface area contributed by atoms with Crippen LogP contribution in [-0.4, -0.2) is 38.3 Å². The molecule has 0 aliphatic carbocycles. The van der Waals surface area contributed by atoms with Gasteiger partial charge in [-0.3, -0.25) is 4.79 Å². The monoisotopic (exact) mass is 398 g/mol. The molecule has 0 aliphatic heterocycles. The molecule has 1 aromatic heterocycles. The minimum atomic E-state index is -0.139. The predicted octanol–water partition coefficient (Wildman–Crippen LogP) is 4.16. The third-order valence-electron chi connectivity index (χ3n) is 4.41. The van der Waals surface area contributed by atoms with Gasteiger partial charge in [0, 0.05) is 23.3 Å².